The molecule has 2 rings (SSSR count). The van der Waals surface area contributed by atoms with Crippen molar-refractivity contribution >= 4 is 28.9 Å². The molecule has 0 saturated carbocycles. The first-order chi connectivity index (χ1) is 11.9. The van der Waals surface area contributed by atoms with Crippen LogP contribution in [0, 0.1) is 0 Å². The maximum Gasteiger partial charge on any atom is 0.255 e. The summed E-state index contributed by atoms with van der Waals surface area (Å²) in [6, 6.07) is 15.1. The molecule has 25 heavy (non-hydrogen) atoms. The summed E-state index contributed by atoms with van der Waals surface area (Å²) in [5, 5.41) is 5.56. The Balaban J connectivity index is 2.09. The molecule has 0 fully saturated rings. The minimum absolute atomic E-state index is 0.168. The van der Waals surface area contributed by atoms with Crippen molar-refractivity contribution < 1.29 is 9.59 Å². The molecule has 2 aromatic carbocycles. The van der Waals surface area contributed by atoms with E-state index in [2.05, 4.69) is 36.3 Å². The molecular weight excluding hydrogens is 314 g/mol. The van der Waals surface area contributed by atoms with Gasteiger partial charge in [-0.05, 0) is 63.2 Å². The van der Waals surface area contributed by atoms with Crippen LogP contribution in [0.1, 0.15) is 38.1 Å². The summed E-state index contributed by atoms with van der Waals surface area (Å²) in [7, 11) is 0. The third kappa shape index (κ3) is 5.08. The van der Waals surface area contributed by atoms with Crippen LogP contribution in [0.15, 0.2) is 48.5 Å². The van der Waals surface area contributed by atoms with Gasteiger partial charge in [-0.15, -0.1) is 0 Å². The van der Waals surface area contributed by atoms with Gasteiger partial charge in [0, 0.05) is 42.1 Å². The topological polar surface area (TPSA) is 61.4 Å². The van der Waals surface area contributed by atoms with E-state index in [9.17, 15) is 9.59 Å². The van der Waals surface area contributed by atoms with Gasteiger partial charge in [0.1, 0.15) is 0 Å². The predicted octanol–water partition coefficient (Wildman–Crippen LogP) is 4.13. The Hall–Kier alpha value is -2.82. The Bertz CT molecular complexity index is 739. The fourth-order valence-corrected chi connectivity index (χ4v) is 2.73. The molecule has 0 unspecified atom stereocenters. The van der Waals surface area contributed by atoms with Crippen LogP contribution < -0.4 is 15.5 Å². The molecule has 5 nitrogen and oxygen atoms in total. The number of nitrogens with one attached hydrogen (secondary N) is 2. The highest BCUT2D eigenvalue weighted by molar-refractivity contribution is 6.05. The third-order valence-corrected chi connectivity index (χ3v) is 3.87. The van der Waals surface area contributed by atoms with Gasteiger partial charge in [0.25, 0.3) is 5.91 Å². The number of carbonyl (C=O) groups is 2. The molecule has 0 spiro atoms. The van der Waals surface area contributed by atoms with Gasteiger partial charge in [-0.25, -0.2) is 0 Å². The van der Waals surface area contributed by atoms with Crippen LogP contribution in [0.5, 0.6) is 0 Å². The number of hydrogen-bond acceptors (Lipinski definition) is 3. The second kappa shape index (κ2) is 8.33. The lowest BCUT2D eigenvalue weighted by molar-refractivity contribution is -0.114. The summed E-state index contributed by atoms with van der Waals surface area (Å²) in [6.07, 6.45) is 0. The highest BCUT2D eigenvalue weighted by atomic mass is 16.2. The van der Waals surface area contributed by atoms with E-state index in [1.165, 1.54) is 6.92 Å². The number of rotatable bonds is 6. The van der Waals surface area contributed by atoms with Crippen molar-refractivity contribution in [3.8, 4) is 0 Å². The number of carbonyl (C=O) groups excluding carboxylic acids is 2. The van der Waals surface area contributed by atoms with Crippen molar-refractivity contribution in [3.05, 3.63) is 54.1 Å². The minimum atomic E-state index is -0.212. The molecule has 2 N–H and O–H groups in total. The Morgan fingerprint density at radius 2 is 1.68 bits per heavy atom. The fraction of sp³-hybridized carbons (Fsp3) is 0.300. The van der Waals surface area contributed by atoms with Crippen molar-refractivity contribution in [2.45, 2.75) is 33.7 Å². The summed E-state index contributed by atoms with van der Waals surface area (Å²) in [6.45, 7) is 8.80. The van der Waals surface area contributed by atoms with E-state index in [1.807, 2.05) is 24.3 Å². The number of benzene rings is 2. The van der Waals surface area contributed by atoms with Gasteiger partial charge in [-0.3, -0.25) is 9.59 Å². The van der Waals surface area contributed by atoms with E-state index < -0.39 is 0 Å². The second-order valence-corrected chi connectivity index (χ2v) is 6.14. The highest BCUT2D eigenvalue weighted by Gasteiger charge is 2.10. The highest BCUT2D eigenvalue weighted by Crippen LogP contribution is 2.20. The first-order valence-corrected chi connectivity index (χ1v) is 8.46. The van der Waals surface area contributed by atoms with Crippen molar-refractivity contribution in [2.75, 3.05) is 22.1 Å². The van der Waals surface area contributed by atoms with E-state index >= 15 is 0 Å². The molecule has 5 heteroatoms. The lowest BCUT2D eigenvalue weighted by Gasteiger charge is -2.27. The zero-order valence-electron chi connectivity index (χ0n) is 15.2. The Kier molecular flexibility index (Phi) is 6.17. The summed E-state index contributed by atoms with van der Waals surface area (Å²) in [5.74, 6) is -0.380. The zero-order chi connectivity index (χ0) is 18.4. The lowest BCUT2D eigenvalue weighted by Crippen LogP contribution is -2.30. The predicted molar refractivity (Wildman–Crippen MR) is 103 cm³/mol. The van der Waals surface area contributed by atoms with Crippen molar-refractivity contribution in [1.29, 1.82) is 0 Å². The van der Waals surface area contributed by atoms with E-state index in [-0.39, 0.29) is 11.8 Å². The quantitative estimate of drug-likeness (QED) is 0.832. The zero-order valence-corrected chi connectivity index (χ0v) is 15.2. The van der Waals surface area contributed by atoms with Gasteiger partial charge >= 0.3 is 0 Å². The molecule has 2 amide bonds. The Labute approximate surface area is 149 Å². The van der Waals surface area contributed by atoms with E-state index in [1.54, 1.807) is 24.3 Å². The molecule has 0 aliphatic carbocycles. The first-order valence-electron chi connectivity index (χ1n) is 8.46. The standard InChI is InChI=1S/C20H25N3O2/c1-5-23(14(2)3)19-11-9-17(10-12-19)22-20(25)16-7-6-8-18(13-16)21-15(4)24/h6-14H,5H2,1-4H3,(H,21,24)(H,22,25). The van der Waals surface area contributed by atoms with Gasteiger partial charge in [-0.2, -0.15) is 0 Å². The van der Waals surface area contributed by atoms with Crippen LogP contribution in [0.2, 0.25) is 0 Å². The molecule has 0 aromatic heterocycles. The summed E-state index contributed by atoms with van der Waals surface area (Å²) >= 11 is 0. The largest absolute Gasteiger partial charge is 0.369 e. The minimum Gasteiger partial charge on any atom is -0.369 e. The van der Waals surface area contributed by atoms with Crippen LogP contribution in [0.25, 0.3) is 0 Å². The van der Waals surface area contributed by atoms with Crippen LogP contribution >= 0.6 is 0 Å². The smallest absolute Gasteiger partial charge is 0.255 e. The number of hydrogen-bond donors (Lipinski definition) is 2. The van der Waals surface area contributed by atoms with Gasteiger partial charge in [-0.1, -0.05) is 6.07 Å². The van der Waals surface area contributed by atoms with Crippen molar-refractivity contribution in [2.24, 2.45) is 0 Å². The van der Waals surface area contributed by atoms with E-state index in [0.29, 0.717) is 17.3 Å². The average Bonchev–Trinajstić information content (AvgIpc) is 2.56. The molecule has 132 valence electrons. The lowest BCUT2D eigenvalue weighted by atomic mass is 10.1. The maximum atomic E-state index is 12.4. The average molecular weight is 339 g/mol. The molecular formula is C20H25N3O2. The number of nitrogens with zero attached hydrogens (tertiary/aromatic N) is 1. The molecule has 0 saturated heterocycles. The van der Waals surface area contributed by atoms with Gasteiger partial charge in [0.2, 0.25) is 5.91 Å². The van der Waals surface area contributed by atoms with Crippen LogP contribution in [0.4, 0.5) is 17.1 Å². The van der Waals surface area contributed by atoms with Gasteiger partial charge < -0.3 is 15.5 Å². The summed E-state index contributed by atoms with van der Waals surface area (Å²) in [4.78, 5) is 25.8. The summed E-state index contributed by atoms with van der Waals surface area (Å²) in [5.41, 5.74) is 2.96. The molecule has 0 bridgehead atoms. The maximum absolute atomic E-state index is 12.4. The molecule has 2 aromatic rings. The van der Waals surface area contributed by atoms with Crippen molar-refractivity contribution in [3.63, 3.8) is 0 Å². The molecule has 0 radical (unpaired) electrons. The summed E-state index contributed by atoms with van der Waals surface area (Å²) < 4.78 is 0. The number of anilines is 3. The fourth-order valence-electron chi connectivity index (χ4n) is 2.73. The third-order valence-electron chi connectivity index (χ3n) is 3.87. The monoisotopic (exact) mass is 339 g/mol. The molecule has 0 atom stereocenters. The number of amides is 2. The second-order valence-electron chi connectivity index (χ2n) is 6.14. The molecule has 0 aliphatic heterocycles. The normalized spacial score (nSPS) is 10.4. The Morgan fingerprint density at radius 1 is 1.00 bits per heavy atom. The first kappa shape index (κ1) is 18.5. The van der Waals surface area contributed by atoms with E-state index in [0.717, 1.165) is 17.9 Å². The van der Waals surface area contributed by atoms with Crippen LogP contribution in [0.3, 0.4) is 0 Å². The molecule has 0 heterocycles. The van der Waals surface area contributed by atoms with Crippen molar-refractivity contribution in [1.82, 2.24) is 0 Å². The van der Waals surface area contributed by atoms with Crippen LogP contribution in [-0.4, -0.2) is 24.4 Å². The van der Waals surface area contributed by atoms with Gasteiger partial charge in [0.15, 0.2) is 0 Å². The molecule has 0 aliphatic rings. The Morgan fingerprint density at radius 3 is 2.24 bits per heavy atom. The van der Waals surface area contributed by atoms with Crippen LogP contribution in [-0.2, 0) is 4.79 Å². The SMILES string of the molecule is CCN(c1ccc(NC(=O)c2cccc(NC(C)=O)c2)cc1)C(C)C. The van der Waals surface area contributed by atoms with Gasteiger partial charge in [0.05, 0.1) is 0 Å². The van der Waals surface area contributed by atoms with E-state index in [4.69, 9.17) is 0 Å².